The summed E-state index contributed by atoms with van der Waals surface area (Å²) in [7, 11) is 1.54. The molecule has 0 spiro atoms. The summed E-state index contributed by atoms with van der Waals surface area (Å²) < 4.78 is 5.31. The molecule has 0 aromatic heterocycles. The smallest absolute Gasteiger partial charge is 0.270 e. The Balaban J connectivity index is 2.02. The van der Waals surface area contributed by atoms with Gasteiger partial charge in [0.1, 0.15) is 5.75 Å². The molecule has 2 aromatic rings. The molecule has 5 heteroatoms. The molecule has 0 saturated heterocycles. The van der Waals surface area contributed by atoms with Crippen LogP contribution in [0.3, 0.4) is 0 Å². The molecule has 0 bridgehead atoms. The molecule has 3 rings (SSSR count). The fourth-order valence-electron chi connectivity index (χ4n) is 3.04. The third kappa shape index (κ3) is 2.55. The van der Waals surface area contributed by atoms with Crippen molar-refractivity contribution in [2.75, 3.05) is 7.11 Å². The summed E-state index contributed by atoms with van der Waals surface area (Å²) in [6.07, 6.45) is 3.36. The Bertz CT molecular complexity index is 728. The minimum Gasteiger partial charge on any atom is -0.496 e. The van der Waals surface area contributed by atoms with Gasteiger partial charge in [-0.2, -0.15) is 0 Å². The van der Waals surface area contributed by atoms with Gasteiger partial charge in [-0.15, -0.1) is 0 Å². The summed E-state index contributed by atoms with van der Waals surface area (Å²) in [5.41, 5.74) is 10.7. The SMILES string of the molecule is COc1ccc([N+](=O)[O-])cc1C(N)c1ccc2c(c1)CCC2. The number of rotatable bonds is 4. The number of ether oxygens (including phenoxy) is 1. The van der Waals surface area contributed by atoms with E-state index in [1.165, 1.54) is 29.7 Å². The van der Waals surface area contributed by atoms with E-state index in [0.717, 1.165) is 18.4 Å². The van der Waals surface area contributed by atoms with Crippen LogP contribution in [0.4, 0.5) is 5.69 Å². The van der Waals surface area contributed by atoms with Gasteiger partial charge in [-0.25, -0.2) is 0 Å². The van der Waals surface area contributed by atoms with Gasteiger partial charge >= 0.3 is 0 Å². The van der Waals surface area contributed by atoms with Crippen molar-refractivity contribution >= 4 is 5.69 Å². The number of benzene rings is 2. The highest BCUT2D eigenvalue weighted by Crippen LogP contribution is 2.33. The van der Waals surface area contributed by atoms with E-state index in [9.17, 15) is 10.1 Å². The molecule has 5 nitrogen and oxygen atoms in total. The third-order valence-electron chi connectivity index (χ3n) is 4.24. The molecule has 0 heterocycles. The number of nitro groups is 1. The summed E-state index contributed by atoms with van der Waals surface area (Å²) in [6, 6.07) is 10.3. The fourth-order valence-corrected chi connectivity index (χ4v) is 3.04. The minimum atomic E-state index is -0.444. The molecule has 22 heavy (non-hydrogen) atoms. The van der Waals surface area contributed by atoms with E-state index < -0.39 is 11.0 Å². The lowest BCUT2D eigenvalue weighted by Gasteiger charge is -2.17. The number of hydrogen-bond donors (Lipinski definition) is 1. The molecular formula is C17H18N2O3. The number of methoxy groups -OCH3 is 1. The number of non-ortho nitro benzene ring substituents is 1. The van der Waals surface area contributed by atoms with Crippen LogP contribution in [0.5, 0.6) is 5.75 Å². The van der Waals surface area contributed by atoms with Crippen molar-refractivity contribution in [2.24, 2.45) is 5.73 Å². The van der Waals surface area contributed by atoms with Gasteiger partial charge in [0.05, 0.1) is 18.1 Å². The Hall–Kier alpha value is -2.40. The van der Waals surface area contributed by atoms with Gasteiger partial charge in [0, 0.05) is 17.7 Å². The van der Waals surface area contributed by atoms with Crippen LogP contribution in [0.2, 0.25) is 0 Å². The molecule has 2 aromatic carbocycles. The molecular weight excluding hydrogens is 280 g/mol. The Kier molecular flexibility index (Phi) is 3.81. The summed E-state index contributed by atoms with van der Waals surface area (Å²) in [5, 5.41) is 11.0. The fraction of sp³-hybridized carbons (Fsp3) is 0.294. The standard InChI is InChI=1S/C17H18N2O3/c1-22-16-8-7-14(19(20)21)10-15(16)17(18)13-6-5-11-3-2-4-12(11)9-13/h5-10,17H,2-4,18H2,1H3. The molecule has 0 saturated carbocycles. The first-order valence-electron chi connectivity index (χ1n) is 7.29. The van der Waals surface area contributed by atoms with Gasteiger partial charge in [0.25, 0.3) is 5.69 Å². The zero-order valence-corrected chi connectivity index (χ0v) is 12.4. The lowest BCUT2D eigenvalue weighted by Crippen LogP contribution is -2.14. The van der Waals surface area contributed by atoms with Crippen molar-refractivity contribution in [3.63, 3.8) is 0 Å². The van der Waals surface area contributed by atoms with Crippen LogP contribution in [0.1, 0.15) is 34.7 Å². The van der Waals surface area contributed by atoms with Gasteiger partial charge in [-0.05, 0) is 42.0 Å². The van der Waals surface area contributed by atoms with Gasteiger partial charge < -0.3 is 10.5 Å². The van der Waals surface area contributed by atoms with Crippen LogP contribution in [-0.2, 0) is 12.8 Å². The molecule has 1 aliphatic rings. The number of nitro benzene ring substituents is 1. The molecule has 0 fully saturated rings. The number of hydrogen-bond acceptors (Lipinski definition) is 4. The molecule has 1 aliphatic carbocycles. The van der Waals surface area contributed by atoms with Crippen LogP contribution in [-0.4, -0.2) is 12.0 Å². The lowest BCUT2D eigenvalue weighted by molar-refractivity contribution is -0.384. The van der Waals surface area contributed by atoms with Crippen molar-refractivity contribution < 1.29 is 9.66 Å². The number of nitrogens with two attached hydrogens (primary N) is 1. The summed E-state index contributed by atoms with van der Waals surface area (Å²) in [6.45, 7) is 0. The van der Waals surface area contributed by atoms with Crippen molar-refractivity contribution in [1.82, 2.24) is 0 Å². The predicted octanol–water partition coefficient (Wildman–Crippen LogP) is 3.14. The van der Waals surface area contributed by atoms with E-state index in [2.05, 4.69) is 12.1 Å². The first-order valence-corrected chi connectivity index (χ1v) is 7.29. The first kappa shape index (κ1) is 14.5. The van der Waals surface area contributed by atoms with Crippen molar-refractivity contribution in [3.8, 4) is 5.75 Å². The topological polar surface area (TPSA) is 78.4 Å². The van der Waals surface area contributed by atoms with E-state index in [0.29, 0.717) is 11.3 Å². The first-order chi connectivity index (χ1) is 10.6. The quantitative estimate of drug-likeness (QED) is 0.694. The van der Waals surface area contributed by atoms with E-state index >= 15 is 0 Å². The summed E-state index contributed by atoms with van der Waals surface area (Å²) in [5.74, 6) is 0.568. The van der Waals surface area contributed by atoms with E-state index in [1.54, 1.807) is 13.2 Å². The van der Waals surface area contributed by atoms with Crippen LogP contribution < -0.4 is 10.5 Å². The number of aryl methyl sites for hydroxylation is 2. The molecule has 0 radical (unpaired) electrons. The molecule has 1 atom stereocenters. The number of nitrogens with zero attached hydrogens (tertiary/aromatic N) is 1. The molecule has 2 N–H and O–H groups in total. The second kappa shape index (κ2) is 5.77. The Labute approximate surface area is 128 Å². The van der Waals surface area contributed by atoms with Gasteiger partial charge in [-0.3, -0.25) is 10.1 Å². The Morgan fingerprint density at radius 2 is 1.95 bits per heavy atom. The maximum atomic E-state index is 11.0. The zero-order valence-electron chi connectivity index (χ0n) is 12.4. The maximum Gasteiger partial charge on any atom is 0.270 e. The van der Waals surface area contributed by atoms with Crippen molar-refractivity contribution in [2.45, 2.75) is 25.3 Å². The highest BCUT2D eigenvalue weighted by molar-refractivity contribution is 5.49. The minimum absolute atomic E-state index is 0.0208. The summed E-state index contributed by atoms with van der Waals surface area (Å²) in [4.78, 5) is 10.6. The number of fused-ring (bicyclic) bond motifs is 1. The highest BCUT2D eigenvalue weighted by atomic mass is 16.6. The largest absolute Gasteiger partial charge is 0.496 e. The van der Waals surface area contributed by atoms with E-state index in [4.69, 9.17) is 10.5 Å². The predicted molar refractivity (Wildman–Crippen MR) is 84.1 cm³/mol. The van der Waals surface area contributed by atoms with Crippen molar-refractivity contribution in [3.05, 3.63) is 68.8 Å². The second-order valence-corrected chi connectivity index (χ2v) is 5.54. The third-order valence-corrected chi connectivity index (χ3v) is 4.24. The average Bonchev–Trinajstić information content (AvgIpc) is 3.00. The summed E-state index contributed by atoms with van der Waals surface area (Å²) >= 11 is 0. The Morgan fingerprint density at radius 3 is 2.68 bits per heavy atom. The average molecular weight is 298 g/mol. The maximum absolute atomic E-state index is 11.0. The van der Waals surface area contributed by atoms with Crippen molar-refractivity contribution in [1.29, 1.82) is 0 Å². The van der Waals surface area contributed by atoms with Gasteiger partial charge in [0.15, 0.2) is 0 Å². The van der Waals surface area contributed by atoms with Gasteiger partial charge in [0.2, 0.25) is 0 Å². The van der Waals surface area contributed by atoms with Crippen LogP contribution in [0.15, 0.2) is 36.4 Å². The van der Waals surface area contributed by atoms with Gasteiger partial charge in [-0.1, -0.05) is 18.2 Å². The van der Waals surface area contributed by atoms with Crippen LogP contribution in [0.25, 0.3) is 0 Å². The molecule has 0 aliphatic heterocycles. The monoisotopic (exact) mass is 298 g/mol. The van der Waals surface area contributed by atoms with E-state index in [-0.39, 0.29) is 5.69 Å². The molecule has 1 unspecified atom stereocenters. The second-order valence-electron chi connectivity index (χ2n) is 5.54. The molecule has 114 valence electrons. The highest BCUT2D eigenvalue weighted by Gasteiger charge is 2.20. The van der Waals surface area contributed by atoms with Crippen LogP contribution in [0, 0.1) is 10.1 Å². The van der Waals surface area contributed by atoms with E-state index in [1.807, 2.05) is 6.07 Å². The zero-order chi connectivity index (χ0) is 15.7. The Morgan fingerprint density at radius 1 is 1.18 bits per heavy atom. The van der Waals surface area contributed by atoms with Crippen LogP contribution >= 0.6 is 0 Å². The lowest BCUT2D eigenvalue weighted by atomic mass is 9.95. The normalized spacial score (nSPS) is 14.5. The molecule has 0 amide bonds.